The molecule has 0 aromatic heterocycles. The van der Waals surface area contributed by atoms with Crippen molar-refractivity contribution in [3.63, 3.8) is 0 Å². The average molecular weight is 266 g/mol. The Morgan fingerprint density at radius 3 is 2.58 bits per heavy atom. The van der Waals surface area contributed by atoms with E-state index in [4.69, 9.17) is 5.11 Å². The van der Waals surface area contributed by atoms with Gasteiger partial charge in [-0.2, -0.15) is 0 Å². The Bertz CT molecular complexity index is 486. The Kier molecular flexibility index (Phi) is 4.86. The summed E-state index contributed by atoms with van der Waals surface area (Å²) in [5, 5.41) is 22.9. The van der Waals surface area contributed by atoms with Crippen molar-refractivity contribution in [2.45, 2.75) is 20.8 Å². The zero-order chi connectivity index (χ0) is 14.6. The molecule has 1 aromatic rings. The molecule has 0 bridgehead atoms. The van der Waals surface area contributed by atoms with E-state index in [1.54, 1.807) is 19.1 Å². The highest BCUT2D eigenvalue weighted by Crippen LogP contribution is 2.28. The lowest BCUT2D eigenvalue weighted by atomic mass is 9.96. The third-order valence-corrected chi connectivity index (χ3v) is 3.07. The maximum absolute atomic E-state index is 11.1. The van der Waals surface area contributed by atoms with Gasteiger partial charge >= 0.3 is 5.97 Å². The van der Waals surface area contributed by atoms with E-state index >= 15 is 0 Å². The Morgan fingerprint density at radius 2 is 2.11 bits per heavy atom. The van der Waals surface area contributed by atoms with Crippen LogP contribution in [0.4, 0.5) is 11.4 Å². The summed E-state index contributed by atoms with van der Waals surface area (Å²) in [6.07, 6.45) is 0. The molecule has 0 spiro atoms. The van der Waals surface area contributed by atoms with Gasteiger partial charge in [0.2, 0.25) is 0 Å². The van der Waals surface area contributed by atoms with Gasteiger partial charge in [-0.15, -0.1) is 0 Å². The van der Waals surface area contributed by atoms with Crippen molar-refractivity contribution >= 4 is 17.3 Å². The van der Waals surface area contributed by atoms with Crippen LogP contribution < -0.4 is 5.32 Å². The van der Waals surface area contributed by atoms with E-state index in [9.17, 15) is 14.9 Å². The summed E-state index contributed by atoms with van der Waals surface area (Å²) < 4.78 is 0. The van der Waals surface area contributed by atoms with Gasteiger partial charge in [0.25, 0.3) is 5.69 Å². The standard InChI is InChI=1S/C13H18N2O4/c1-8(2)10(13(16)17)7-14-12-9(3)5-4-6-11(12)15(18)19/h4-6,8,10,14H,7H2,1-3H3,(H,16,17). The predicted octanol–water partition coefficient (Wildman–Crippen LogP) is 2.67. The van der Waals surface area contributed by atoms with E-state index < -0.39 is 16.8 Å². The number of nitro groups is 1. The molecule has 0 radical (unpaired) electrons. The molecule has 1 unspecified atom stereocenters. The summed E-state index contributed by atoms with van der Waals surface area (Å²) in [6.45, 7) is 5.54. The summed E-state index contributed by atoms with van der Waals surface area (Å²) in [5.41, 5.74) is 1.08. The monoisotopic (exact) mass is 266 g/mol. The first-order chi connectivity index (χ1) is 8.84. The van der Waals surface area contributed by atoms with Crippen LogP contribution in [0.25, 0.3) is 0 Å². The van der Waals surface area contributed by atoms with Gasteiger partial charge < -0.3 is 10.4 Å². The van der Waals surface area contributed by atoms with E-state index in [2.05, 4.69) is 5.32 Å². The van der Waals surface area contributed by atoms with Crippen LogP contribution in [0, 0.1) is 28.9 Å². The quantitative estimate of drug-likeness (QED) is 0.610. The molecule has 6 heteroatoms. The first-order valence-corrected chi connectivity index (χ1v) is 6.05. The van der Waals surface area contributed by atoms with Crippen LogP contribution in [0.3, 0.4) is 0 Å². The smallest absolute Gasteiger partial charge is 0.308 e. The minimum atomic E-state index is -0.904. The zero-order valence-electron chi connectivity index (χ0n) is 11.2. The second kappa shape index (κ2) is 6.17. The highest BCUT2D eigenvalue weighted by Gasteiger charge is 2.23. The predicted molar refractivity (Wildman–Crippen MR) is 72.3 cm³/mol. The Hall–Kier alpha value is -2.11. The maximum atomic E-state index is 11.1. The number of aryl methyl sites for hydroxylation is 1. The second-order valence-corrected chi connectivity index (χ2v) is 4.80. The van der Waals surface area contributed by atoms with Crippen molar-refractivity contribution in [1.29, 1.82) is 0 Å². The molecule has 0 aliphatic heterocycles. The first-order valence-electron chi connectivity index (χ1n) is 6.05. The molecule has 0 saturated carbocycles. The number of hydrogen-bond donors (Lipinski definition) is 2. The fraction of sp³-hybridized carbons (Fsp3) is 0.462. The van der Waals surface area contributed by atoms with E-state index in [0.717, 1.165) is 5.56 Å². The minimum Gasteiger partial charge on any atom is -0.481 e. The largest absolute Gasteiger partial charge is 0.481 e. The number of nitro benzene ring substituents is 1. The molecule has 2 N–H and O–H groups in total. The zero-order valence-corrected chi connectivity index (χ0v) is 11.2. The number of para-hydroxylation sites is 1. The highest BCUT2D eigenvalue weighted by molar-refractivity contribution is 5.72. The van der Waals surface area contributed by atoms with Crippen LogP contribution >= 0.6 is 0 Å². The summed E-state index contributed by atoms with van der Waals surface area (Å²) in [4.78, 5) is 21.6. The van der Waals surface area contributed by atoms with Gasteiger partial charge in [0.15, 0.2) is 0 Å². The molecular weight excluding hydrogens is 248 g/mol. The fourth-order valence-electron chi connectivity index (χ4n) is 1.85. The molecule has 1 rings (SSSR count). The number of nitrogens with one attached hydrogen (secondary N) is 1. The number of rotatable bonds is 6. The number of benzene rings is 1. The molecule has 104 valence electrons. The summed E-state index contributed by atoms with van der Waals surface area (Å²) in [7, 11) is 0. The number of anilines is 1. The minimum absolute atomic E-state index is 0.0344. The van der Waals surface area contributed by atoms with Crippen molar-refractivity contribution in [3.8, 4) is 0 Å². The third kappa shape index (κ3) is 3.67. The van der Waals surface area contributed by atoms with E-state index in [0.29, 0.717) is 5.69 Å². The van der Waals surface area contributed by atoms with Crippen LogP contribution in [0.15, 0.2) is 18.2 Å². The molecule has 1 atom stereocenters. The van der Waals surface area contributed by atoms with Crippen LogP contribution in [0.2, 0.25) is 0 Å². The SMILES string of the molecule is Cc1cccc([N+](=O)[O-])c1NCC(C(=O)O)C(C)C. The van der Waals surface area contributed by atoms with Crippen molar-refractivity contribution in [3.05, 3.63) is 33.9 Å². The molecule has 0 aliphatic carbocycles. The first kappa shape index (κ1) is 14.9. The van der Waals surface area contributed by atoms with Crippen molar-refractivity contribution in [2.24, 2.45) is 11.8 Å². The van der Waals surface area contributed by atoms with Crippen molar-refractivity contribution in [2.75, 3.05) is 11.9 Å². The number of hydrogen-bond acceptors (Lipinski definition) is 4. The topological polar surface area (TPSA) is 92.5 Å². The van der Waals surface area contributed by atoms with Gasteiger partial charge in [-0.25, -0.2) is 0 Å². The highest BCUT2D eigenvalue weighted by atomic mass is 16.6. The van der Waals surface area contributed by atoms with E-state index in [-0.39, 0.29) is 18.2 Å². The molecule has 0 fully saturated rings. The van der Waals surface area contributed by atoms with E-state index in [1.165, 1.54) is 6.07 Å². The van der Waals surface area contributed by atoms with Crippen LogP contribution in [0.1, 0.15) is 19.4 Å². The Balaban J connectivity index is 2.94. The van der Waals surface area contributed by atoms with Crippen LogP contribution in [0.5, 0.6) is 0 Å². The molecule has 1 aromatic carbocycles. The van der Waals surface area contributed by atoms with Gasteiger partial charge in [0.1, 0.15) is 5.69 Å². The lowest BCUT2D eigenvalue weighted by Gasteiger charge is -2.18. The van der Waals surface area contributed by atoms with Gasteiger partial charge in [-0.1, -0.05) is 26.0 Å². The number of carbonyl (C=O) groups is 1. The second-order valence-electron chi connectivity index (χ2n) is 4.80. The van der Waals surface area contributed by atoms with Gasteiger partial charge in [0.05, 0.1) is 10.8 Å². The molecule has 19 heavy (non-hydrogen) atoms. The fourth-order valence-corrected chi connectivity index (χ4v) is 1.85. The molecule has 0 heterocycles. The maximum Gasteiger partial charge on any atom is 0.308 e. The van der Waals surface area contributed by atoms with Crippen LogP contribution in [-0.2, 0) is 4.79 Å². The number of nitrogens with zero attached hydrogens (tertiary/aromatic N) is 1. The van der Waals surface area contributed by atoms with Gasteiger partial charge in [0, 0.05) is 12.6 Å². The normalized spacial score (nSPS) is 12.2. The van der Waals surface area contributed by atoms with Gasteiger partial charge in [-0.05, 0) is 18.4 Å². The lowest BCUT2D eigenvalue weighted by molar-refractivity contribution is -0.384. The number of carboxylic acid groups (broad SMARTS) is 1. The van der Waals surface area contributed by atoms with Crippen LogP contribution in [-0.4, -0.2) is 22.5 Å². The molecule has 6 nitrogen and oxygen atoms in total. The summed E-state index contributed by atoms with van der Waals surface area (Å²) >= 11 is 0. The van der Waals surface area contributed by atoms with E-state index in [1.807, 2.05) is 13.8 Å². The van der Waals surface area contributed by atoms with Gasteiger partial charge in [-0.3, -0.25) is 14.9 Å². The number of aliphatic carboxylic acids is 1. The molecule has 0 aliphatic rings. The molecule has 0 saturated heterocycles. The summed E-state index contributed by atoms with van der Waals surface area (Å²) in [6, 6.07) is 4.76. The molecular formula is C13H18N2O4. The Labute approximate surface area is 111 Å². The lowest BCUT2D eigenvalue weighted by Crippen LogP contribution is -2.27. The summed E-state index contributed by atoms with van der Waals surface area (Å²) in [5.74, 6) is -1.54. The molecule has 0 amide bonds. The third-order valence-electron chi connectivity index (χ3n) is 3.07. The number of carboxylic acids is 1. The Morgan fingerprint density at radius 1 is 1.47 bits per heavy atom. The average Bonchev–Trinajstić information content (AvgIpc) is 2.29. The van der Waals surface area contributed by atoms with Crippen molar-refractivity contribution < 1.29 is 14.8 Å². The van der Waals surface area contributed by atoms with Crippen molar-refractivity contribution in [1.82, 2.24) is 0 Å².